The smallest absolute Gasteiger partial charge is 0.253 e. The normalized spacial score (nSPS) is 30.4. The zero-order valence-corrected chi connectivity index (χ0v) is 12.1. The Balaban J connectivity index is 2.55. The molecule has 1 heterocycles. The maximum absolute atomic E-state index is 11.7. The van der Waals surface area contributed by atoms with E-state index in [1.54, 1.807) is 0 Å². The van der Waals surface area contributed by atoms with Gasteiger partial charge in [0, 0.05) is 12.1 Å². The summed E-state index contributed by atoms with van der Waals surface area (Å²) in [4.78, 5) is 0. The summed E-state index contributed by atoms with van der Waals surface area (Å²) in [6.07, 6.45) is 1.70. The fourth-order valence-electron chi connectivity index (χ4n) is 1.57. The lowest BCUT2D eigenvalue weighted by molar-refractivity contribution is 0.297. The summed E-state index contributed by atoms with van der Waals surface area (Å²) in [5.41, 5.74) is -0.332. The second-order valence-corrected chi connectivity index (χ2v) is 8.14. The second kappa shape index (κ2) is 4.78. The van der Waals surface area contributed by atoms with Crippen LogP contribution in [0.1, 0.15) is 26.7 Å². The first-order valence-corrected chi connectivity index (χ1v) is 7.34. The van der Waals surface area contributed by atoms with E-state index >= 15 is 0 Å². The Morgan fingerprint density at radius 2 is 2.00 bits per heavy atom. The minimum absolute atomic E-state index is 0.332. The molecule has 1 aliphatic rings. The van der Waals surface area contributed by atoms with Crippen LogP contribution in [0.25, 0.3) is 0 Å². The van der Waals surface area contributed by atoms with Crippen molar-refractivity contribution >= 4 is 45.1 Å². The fraction of sp³-hybridized carbons (Fsp3) is 1.00. The van der Waals surface area contributed by atoms with Gasteiger partial charge in [-0.3, -0.25) is 4.18 Å². The van der Waals surface area contributed by atoms with Gasteiger partial charge in [-0.1, -0.05) is 48.1 Å². The van der Waals surface area contributed by atoms with E-state index in [2.05, 4.69) is 4.18 Å². The van der Waals surface area contributed by atoms with E-state index in [9.17, 15) is 8.42 Å². The van der Waals surface area contributed by atoms with Gasteiger partial charge in [-0.2, -0.15) is 12.7 Å². The number of hydrogen-bond acceptors (Lipinski definition) is 3. The van der Waals surface area contributed by atoms with Crippen molar-refractivity contribution in [2.75, 3.05) is 13.2 Å². The molecule has 1 saturated heterocycles. The molecule has 0 radical (unpaired) electrons. The molecular formula is C8H14Cl3NO3S. The van der Waals surface area contributed by atoms with E-state index in [1.807, 2.05) is 13.8 Å². The average Bonchev–Trinajstić information content (AvgIpc) is 2.75. The molecule has 0 bridgehead atoms. The van der Waals surface area contributed by atoms with E-state index in [-0.39, 0.29) is 5.54 Å². The van der Waals surface area contributed by atoms with Gasteiger partial charge in [0.1, 0.15) is 6.61 Å². The quantitative estimate of drug-likeness (QED) is 0.579. The number of rotatable bonds is 5. The fourth-order valence-corrected chi connectivity index (χ4v) is 3.45. The van der Waals surface area contributed by atoms with Crippen molar-refractivity contribution in [1.82, 2.24) is 4.31 Å². The third-order valence-corrected chi connectivity index (χ3v) is 4.27. The minimum Gasteiger partial charge on any atom is -0.253 e. The molecule has 2 unspecified atom stereocenters. The van der Waals surface area contributed by atoms with E-state index in [4.69, 9.17) is 34.8 Å². The Morgan fingerprint density at radius 1 is 1.44 bits per heavy atom. The van der Waals surface area contributed by atoms with Crippen LogP contribution in [-0.2, 0) is 14.5 Å². The summed E-state index contributed by atoms with van der Waals surface area (Å²) >= 11 is 16.3. The Kier molecular flexibility index (Phi) is 4.42. The van der Waals surface area contributed by atoms with Crippen molar-refractivity contribution < 1.29 is 12.6 Å². The van der Waals surface area contributed by atoms with Crippen molar-refractivity contribution in [2.24, 2.45) is 0 Å². The predicted octanol–water partition coefficient (Wildman–Crippen LogP) is 2.49. The van der Waals surface area contributed by atoms with Crippen LogP contribution in [0.3, 0.4) is 0 Å². The molecule has 0 aromatic rings. The monoisotopic (exact) mass is 309 g/mol. The number of hydrogen-bond donors (Lipinski definition) is 0. The van der Waals surface area contributed by atoms with E-state index < -0.39 is 20.7 Å². The molecule has 16 heavy (non-hydrogen) atoms. The van der Waals surface area contributed by atoms with Crippen LogP contribution in [-0.4, -0.2) is 35.2 Å². The third-order valence-electron chi connectivity index (χ3n) is 2.41. The second-order valence-electron chi connectivity index (χ2n) is 4.09. The summed E-state index contributed by atoms with van der Waals surface area (Å²) in [7, 11) is -3.77. The topological polar surface area (TPSA) is 46.4 Å². The molecule has 0 aromatic carbocycles. The Bertz CT molecular complexity index is 354. The first-order chi connectivity index (χ1) is 7.11. The highest BCUT2D eigenvalue weighted by Gasteiger charge is 2.55. The molecular weight excluding hydrogens is 297 g/mol. The molecule has 1 rings (SSSR count). The molecule has 1 aliphatic heterocycles. The van der Waals surface area contributed by atoms with Crippen LogP contribution in [0.2, 0.25) is 0 Å². The Labute approximate surface area is 111 Å². The molecule has 0 spiro atoms. The first kappa shape index (κ1) is 14.8. The molecule has 0 saturated carbocycles. The van der Waals surface area contributed by atoms with Crippen molar-refractivity contribution in [3.8, 4) is 0 Å². The molecule has 1 fully saturated rings. The first-order valence-electron chi connectivity index (χ1n) is 4.85. The largest absolute Gasteiger partial charge is 0.339 e. The van der Waals surface area contributed by atoms with Gasteiger partial charge in [0.05, 0.1) is 0 Å². The highest BCUT2D eigenvalue weighted by molar-refractivity contribution is 7.84. The Hall–Kier alpha value is 0.740. The van der Waals surface area contributed by atoms with E-state index in [1.165, 1.54) is 4.31 Å². The third kappa shape index (κ3) is 3.89. The number of alkyl halides is 3. The van der Waals surface area contributed by atoms with Crippen molar-refractivity contribution in [3.63, 3.8) is 0 Å². The zero-order valence-electron chi connectivity index (χ0n) is 9.04. The lowest BCUT2D eigenvalue weighted by atomic mass is 10.1. The summed E-state index contributed by atoms with van der Waals surface area (Å²) in [5, 5.41) is 0. The Morgan fingerprint density at radius 3 is 2.44 bits per heavy atom. The molecule has 96 valence electrons. The van der Waals surface area contributed by atoms with Gasteiger partial charge < -0.3 is 0 Å². The predicted molar refractivity (Wildman–Crippen MR) is 65.2 cm³/mol. The summed E-state index contributed by atoms with van der Waals surface area (Å²) in [6, 6.07) is 0. The number of halogens is 3. The maximum Gasteiger partial charge on any atom is 0.339 e. The van der Waals surface area contributed by atoms with Gasteiger partial charge in [-0.25, -0.2) is 0 Å². The van der Waals surface area contributed by atoms with Crippen molar-refractivity contribution in [2.45, 2.75) is 36.0 Å². The highest BCUT2D eigenvalue weighted by Crippen LogP contribution is 2.40. The summed E-state index contributed by atoms with van der Waals surface area (Å²) in [5.74, 6) is 0. The van der Waals surface area contributed by atoms with E-state index in [0.29, 0.717) is 6.54 Å². The molecule has 0 N–H and O–H groups in total. The van der Waals surface area contributed by atoms with Gasteiger partial charge in [0.25, 0.3) is 0 Å². The molecule has 4 nitrogen and oxygen atoms in total. The molecule has 0 aromatic heterocycles. The molecule has 0 amide bonds. The van der Waals surface area contributed by atoms with Crippen LogP contribution in [0.4, 0.5) is 0 Å². The molecule has 2 atom stereocenters. The van der Waals surface area contributed by atoms with Crippen LogP contribution >= 0.6 is 34.8 Å². The average molecular weight is 311 g/mol. The van der Waals surface area contributed by atoms with Gasteiger partial charge in [0.2, 0.25) is 3.79 Å². The lowest BCUT2D eigenvalue weighted by Gasteiger charge is -2.14. The van der Waals surface area contributed by atoms with Gasteiger partial charge in [-0.15, -0.1) is 0 Å². The standard InChI is InChI=1S/C8H14Cl3NO3S/c1-3-4-7(2)5-12(7)16(13,14)15-6-8(9,10)11/h3-6H2,1-2H3. The van der Waals surface area contributed by atoms with Gasteiger partial charge in [0.15, 0.2) is 0 Å². The van der Waals surface area contributed by atoms with Crippen LogP contribution in [0, 0.1) is 0 Å². The highest BCUT2D eigenvalue weighted by atomic mass is 35.6. The SMILES string of the molecule is CCCC1(C)CN1S(=O)(=O)OCC(Cl)(Cl)Cl. The number of nitrogens with zero attached hydrogens (tertiary/aromatic N) is 1. The molecule has 0 aliphatic carbocycles. The van der Waals surface area contributed by atoms with Crippen LogP contribution < -0.4 is 0 Å². The zero-order chi connectivity index (χ0) is 12.6. The van der Waals surface area contributed by atoms with Crippen molar-refractivity contribution in [3.05, 3.63) is 0 Å². The molecule has 8 heteroatoms. The maximum atomic E-state index is 11.7. The summed E-state index contributed by atoms with van der Waals surface area (Å²) in [6.45, 7) is 3.85. The van der Waals surface area contributed by atoms with Crippen LogP contribution in [0.5, 0.6) is 0 Å². The van der Waals surface area contributed by atoms with Crippen molar-refractivity contribution in [1.29, 1.82) is 0 Å². The van der Waals surface area contributed by atoms with Gasteiger partial charge >= 0.3 is 10.3 Å². The minimum atomic E-state index is -3.77. The van der Waals surface area contributed by atoms with Gasteiger partial charge in [-0.05, 0) is 13.3 Å². The lowest BCUT2D eigenvalue weighted by Crippen LogP contribution is -2.26. The summed E-state index contributed by atoms with van der Waals surface area (Å²) < 4.78 is 27.5. The van der Waals surface area contributed by atoms with Crippen LogP contribution in [0.15, 0.2) is 0 Å². The van der Waals surface area contributed by atoms with E-state index in [0.717, 1.165) is 12.8 Å².